The van der Waals surface area contributed by atoms with Gasteiger partial charge in [0.1, 0.15) is 5.82 Å². The van der Waals surface area contributed by atoms with Crippen LogP contribution in [0.1, 0.15) is 15.2 Å². The van der Waals surface area contributed by atoms with Crippen LogP contribution in [0.15, 0.2) is 46.3 Å². The van der Waals surface area contributed by atoms with Crippen molar-refractivity contribution < 1.29 is 18.7 Å². The quantitative estimate of drug-likeness (QED) is 0.453. The average Bonchev–Trinajstić information content (AvgIpc) is 2.88. The first-order valence-electron chi connectivity index (χ1n) is 5.93. The van der Waals surface area contributed by atoms with Gasteiger partial charge in [-0.3, -0.25) is 4.79 Å². The highest BCUT2D eigenvalue weighted by molar-refractivity contribution is 9.11. The normalized spacial score (nSPS) is 10.8. The number of ketones is 1. The van der Waals surface area contributed by atoms with Crippen LogP contribution >= 0.6 is 27.3 Å². The molecule has 21 heavy (non-hydrogen) atoms. The minimum absolute atomic E-state index is 0.175. The molecule has 0 saturated heterocycles. The average molecular weight is 369 g/mol. The maximum absolute atomic E-state index is 13.0. The Hall–Kier alpha value is -1.79. The van der Waals surface area contributed by atoms with E-state index in [1.165, 1.54) is 35.6 Å². The predicted octanol–water partition coefficient (Wildman–Crippen LogP) is 4.09. The van der Waals surface area contributed by atoms with Crippen molar-refractivity contribution in [2.24, 2.45) is 0 Å². The molecule has 2 aromatic rings. The Labute approximate surface area is 133 Å². The van der Waals surface area contributed by atoms with Crippen LogP contribution in [0.25, 0.3) is 6.08 Å². The maximum Gasteiger partial charge on any atom is 0.331 e. The van der Waals surface area contributed by atoms with Gasteiger partial charge in [0.15, 0.2) is 12.4 Å². The lowest BCUT2D eigenvalue weighted by Crippen LogP contribution is -2.12. The number of carbonyl (C=O) groups excluding carboxylic acids is 2. The molecule has 0 bridgehead atoms. The van der Waals surface area contributed by atoms with Gasteiger partial charge in [0.05, 0.1) is 3.79 Å². The molecule has 0 amide bonds. The molecule has 108 valence electrons. The highest BCUT2D eigenvalue weighted by Gasteiger charge is 2.09. The van der Waals surface area contributed by atoms with Gasteiger partial charge in [0, 0.05) is 16.5 Å². The van der Waals surface area contributed by atoms with E-state index in [0.717, 1.165) is 14.7 Å². The van der Waals surface area contributed by atoms with Crippen molar-refractivity contribution in [3.05, 3.63) is 62.5 Å². The lowest BCUT2D eigenvalue weighted by atomic mass is 10.1. The molecule has 1 aromatic carbocycles. The first-order chi connectivity index (χ1) is 10.0. The van der Waals surface area contributed by atoms with E-state index in [0.29, 0.717) is 0 Å². The summed E-state index contributed by atoms with van der Waals surface area (Å²) in [6, 6.07) is 8.96. The van der Waals surface area contributed by atoms with Gasteiger partial charge in [-0.05, 0) is 46.3 Å². The largest absolute Gasteiger partial charge is 0.454 e. The number of halogens is 2. The Morgan fingerprint density at radius 3 is 2.76 bits per heavy atom. The van der Waals surface area contributed by atoms with Gasteiger partial charge in [-0.25, -0.2) is 9.18 Å². The second-order valence-corrected chi connectivity index (χ2v) is 6.51. The summed E-state index contributed by atoms with van der Waals surface area (Å²) in [7, 11) is 0. The Morgan fingerprint density at radius 1 is 1.29 bits per heavy atom. The molecule has 0 spiro atoms. The third kappa shape index (κ3) is 4.91. The summed E-state index contributed by atoms with van der Waals surface area (Å²) in [5.41, 5.74) is 0.175. The molecule has 0 aliphatic carbocycles. The number of hydrogen-bond acceptors (Lipinski definition) is 4. The molecule has 1 heterocycles. The van der Waals surface area contributed by atoms with Crippen molar-refractivity contribution in [1.29, 1.82) is 0 Å². The summed E-state index contributed by atoms with van der Waals surface area (Å²) in [6.45, 7) is -0.416. The molecule has 0 aliphatic heterocycles. The Bertz CT molecular complexity index is 694. The number of benzene rings is 1. The number of hydrogen-bond donors (Lipinski definition) is 0. The van der Waals surface area contributed by atoms with E-state index in [9.17, 15) is 14.0 Å². The molecule has 0 fully saturated rings. The lowest BCUT2D eigenvalue weighted by molar-refractivity contribution is -0.136. The fourth-order valence-corrected chi connectivity index (χ4v) is 2.82. The summed E-state index contributed by atoms with van der Waals surface area (Å²) in [5.74, 6) is -1.57. The number of carbonyl (C=O) groups is 2. The zero-order valence-corrected chi connectivity index (χ0v) is 13.1. The molecular formula is C15H10BrFO3S. The Balaban J connectivity index is 1.86. The van der Waals surface area contributed by atoms with E-state index in [4.69, 9.17) is 4.74 Å². The number of rotatable bonds is 5. The van der Waals surface area contributed by atoms with E-state index in [2.05, 4.69) is 15.9 Å². The van der Waals surface area contributed by atoms with Crippen molar-refractivity contribution >= 4 is 45.1 Å². The molecule has 0 saturated carbocycles. The van der Waals surface area contributed by atoms with Crippen LogP contribution < -0.4 is 0 Å². The van der Waals surface area contributed by atoms with E-state index in [1.807, 2.05) is 12.1 Å². The minimum Gasteiger partial charge on any atom is -0.454 e. The van der Waals surface area contributed by atoms with Crippen LogP contribution in [-0.2, 0) is 9.53 Å². The third-order valence-electron chi connectivity index (χ3n) is 2.47. The molecule has 0 unspecified atom stereocenters. The molecule has 2 rings (SSSR count). The molecule has 6 heteroatoms. The molecule has 1 aromatic heterocycles. The molecule has 3 nitrogen and oxygen atoms in total. The van der Waals surface area contributed by atoms with Crippen LogP contribution in [0, 0.1) is 5.82 Å². The smallest absolute Gasteiger partial charge is 0.331 e. The van der Waals surface area contributed by atoms with Crippen molar-refractivity contribution in [1.82, 2.24) is 0 Å². The highest BCUT2D eigenvalue weighted by Crippen LogP contribution is 2.22. The van der Waals surface area contributed by atoms with Gasteiger partial charge in [0.25, 0.3) is 0 Å². The predicted molar refractivity (Wildman–Crippen MR) is 82.7 cm³/mol. The highest BCUT2D eigenvalue weighted by atomic mass is 79.9. The van der Waals surface area contributed by atoms with Crippen LogP contribution in [0.3, 0.4) is 0 Å². The minimum atomic E-state index is -0.621. The van der Waals surface area contributed by atoms with Crippen molar-refractivity contribution in [2.45, 2.75) is 0 Å². The third-order valence-corrected chi connectivity index (χ3v) is 4.06. The molecule has 0 N–H and O–H groups in total. The lowest BCUT2D eigenvalue weighted by Gasteiger charge is -2.01. The summed E-state index contributed by atoms with van der Waals surface area (Å²) in [4.78, 5) is 24.1. The Kier molecular flexibility index (Phi) is 5.41. The molecule has 0 aliphatic rings. The van der Waals surface area contributed by atoms with Crippen molar-refractivity contribution in [3.8, 4) is 0 Å². The second-order valence-electron chi connectivity index (χ2n) is 4.02. The number of Topliss-reactive ketones (excluding diaryl/α,β-unsaturated/α-hetero) is 1. The van der Waals surface area contributed by atoms with E-state index >= 15 is 0 Å². The summed E-state index contributed by atoms with van der Waals surface area (Å²) in [6.07, 6.45) is 2.85. The number of thiophene rings is 1. The summed E-state index contributed by atoms with van der Waals surface area (Å²) >= 11 is 4.78. The van der Waals surface area contributed by atoms with Crippen LogP contribution in [0.2, 0.25) is 0 Å². The van der Waals surface area contributed by atoms with Crippen molar-refractivity contribution in [3.63, 3.8) is 0 Å². The summed E-state index contributed by atoms with van der Waals surface area (Å²) in [5, 5.41) is 0. The first-order valence-corrected chi connectivity index (χ1v) is 7.54. The van der Waals surface area contributed by atoms with Gasteiger partial charge in [-0.2, -0.15) is 0 Å². The number of esters is 1. The van der Waals surface area contributed by atoms with Gasteiger partial charge in [-0.15, -0.1) is 11.3 Å². The van der Waals surface area contributed by atoms with Gasteiger partial charge >= 0.3 is 5.97 Å². The maximum atomic E-state index is 13.0. The summed E-state index contributed by atoms with van der Waals surface area (Å²) < 4.78 is 18.7. The fourth-order valence-electron chi connectivity index (χ4n) is 1.50. The van der Waals surface area contributed by atoms with Crippen LogP contribution in [0.4, 0.5) is 4.39 Å². The second kappa shape index (κ2) is 7.28. The van der Waals surface area contributed by atoms with Gasteiger partial charge in [0.2, 0.25) is 0 Å². The van der Waals surface area contributed by atoms with Crippen LogP contribution in [-0.4, -0.2) is 18.4 Å². The van der Waals surface area contributed by atoms with E-state index in [-0.39, 0.29) is 5.56 Å². The fraction of sp³-hybridized carbons (Fsp3) is 0.0667. The SMILES string of the molecule is O=C(/C=C/c1ccc(Br)s1)OCC(=O)c1cccc(F)c1. The zero-order valence-electron chi connectivity index (χ0n) is 10.7. The Morgan fingerprint density at radius 2 is 2.10 bits per heavy atom. The molecule has 0 atom stereocenters. The van der Waals surface area contributed by atoms with Crippen molar-refractivity contribution in [2.75, 3.05) is 6.61 Å². The molecule has 0 radical (unpaired) electrons. The molecular weight excluding hydrogens is 359 g/mol. The zero-order chi connectivity index (χ0) is 15.2. The van der Waals surface area contributed by atoms with Crippen LogP contribution in [0.5, 0.6) is 0 Å². The number of ether oxygens (including phenoxy) is 1. The van der Waals surface area contributed by atoms with Gasteiger partial charge < -0.3 is 4.74 Å². The van der Waals surface area contributed by atoms with E-state index < -0.39 is 24.2 Å². The topological polar surface area (TPSA) is 43.4 Å². The van der Waals surface area contributed by atoms with Gasteiger partial charge in [-0.1, -0.05) is 12.1 Å². The first kappa shape index (κ1) is 15.6. The van der Waals surface area contributed by atoms with E-state index in [1.54, 1.807) is 6.08 Å². The standard InChI is InChI=1S/C15H10BrFO3S/c16-14-6-4-12(21-14)5-7-15(19)20-9-13(18)10-2-1-3-11(17)8-10/h1-8H,9H2/b7-5+. The monoisotopic (exact) mass is 368 g/mol.